The average Bonchev–Trinajstić information content (AvgIpc) is 3.29. The Labute approximate surface area is 122 Å². The van der Waals surface area contributed by atoms with Crippen LogP contribution in [-0.2, 0) is 0 Å². The lowest BCUT2D eigenvalue weighted by Gasteiger charge is -2.19. The fraction of sp³-hybridized carbons (Fsp3) is 0.250. The molecule has 5 heteroatoms. The van der Waals surface area contributed by atoms with Crippen molar-refractivity contribution in [2.75, 3.05) is 5.73 Å². The first-order valence-corrected chi connectivity index (χ1v) is 6.95. The van der Waals surface area contributed by atoms with Gasteiger partial charge in [-0.1, -0.05) is 12.1 Å². The van der Waals surface area contributed by atoms with E-state index in [0.29, 0.717) is 17.4 Å². The number of benzene rings is 2. The van der Waals surface area contributed by atoms with Gasteiger partial charge in [-0.05, 0) is 48.7 Å². The third kappa shape index (κ3) is 3.15. The van der Waals surface area contributed by atoms with Crippen LogP contribution >= 0.6 is 0 Å². The Morgan fingerprint density at radius 2 is 1.86 bits per heavy atom. The highest BCUT2D eigenvalue weighted by molar-refractivity contribution is 5.51. The van der Waals surface area contributed by atoms with E-state index in [9.17, 15) is 4.39 Å². The van der Waals surface area contributed by atoms with E-state index in [0.717, 1.165) is 24.2 Å². The van der Waals surface area contributed by atoms with Gasteiger partial charge in [-0.2, -0.15) is 0 Å². The predicted octanol–water partition coefficient (Wildman–Crippen LogP) is 2.50. The van der Waals surface area contributed by atoms with Crippen LogP contribution in [0.4, 0.5) is 10.1 Å². The average molecular weight is 287 g/mol. The standard InChI is InChI=1S/C16H18FN3O/c17-11-3-8-15(18)14(9-11)16(20-19)10-1-4-12(5-2-10)21-13-6-7-13/h1-5,8-9,13,16,20H,6-7,18-19H2. The van der Waals surface area contributed by atoms with Crippen LogP contribution in [0.25, 0.3) is 0 Å². The van der Waals surface area contributed by atoms with Gasteiger partial charge in [0.05, 0.1) is 12.1 Å². The summed E-state index contributed by atoms with van der Waals surface area (Å²) in [7, 11) is 0. The zero-order chi connectivity index (χ0) is 14.8. The highest BCUT2D eigenvalue weighted by Crippen LogP contribution is 2.30. The SMILES string of the molecule is NNC(c1ccc(OC2CC2)cc1)c1cc(F)ccc1N. The van der Waals surface area contributed by atoms with Crippen molar-refractivity contribution in [1.82, 2.24) is 5.43 Å². The van der Waals surface area contributed by atoms with E-state index >= 15 is 0 Å². The van der Waals surface area contributed by atoms with Gasteiger partial charge in [0.25, 0.3) is 0 Å². The van der Waals surface area contributed by atoms with Crippen molar-refractivity contribution < 1.29 is 9.13 Å². The first-order chi connectivity index (χ1) is 10.2. The summed E-state index contributed by atoms with van der Waals surface area (Å²) in [6.07, 6.45) is 2.60. The van der Waals surface area contributed by atoms with Crippen LogP contribution in [0.1, 0.15) is 30.0 Å². The fourth-order valence-corrected chi connectivity index (χ4v) is 2.28. The molecule has 0 heterocycles. The number of rotatable bonds is 5. The number of halogens is 1. The maximum atomic E-state index is 13.4. The summed E-state index contributed by atoms with van der Waals surface area (Å²) in [5.41, 5.74) is 10.6. The van der Waals surface area contributed by atoms with Gasteiger partial charge in [-0.3, -0.25) is 5.84 Å². The summed E-state index contributed by atoms with van der Waals surface area (Å²) in [5.74, 6) is 6.12. The summed E-state index contributed by atoms with van der Waals surface area (Å²) in [5, 5.41) is 0. The van der Waals surface area contributed by atoms with Gasteiger partial charge in [-0.25, -0.2) is 9.82 Å². The highest BCUT2D eigenvalue weighted by atomic mass is 19.1. The molecule has 2 aromatic carbocycles. The molecular formula is C16H18FN3O. The van der Waals surface area contributed by atoms with Crippen LogP contribution in [0.3, 0.4) is 0 Å². The minimum Gasteiger partial charge on any atom is -0.490 e. The van der Waals surface area contributed by atoms with Gasteiger partial charge in [0, 0.05) is 11.3 Å². The molecule has 0 aromatic heterocycles. The normalized spacial score (nSPS) is 15.7. The Balaban J connectivity index is 1.86. The molecule has 1 aliphatic carbocycles. The number of nitrogen functional groups attached to an aromatic ring is 1. The zero-order valence-electron chi connectivity index (χ0n) is 11.6. The largest absolute Gasteiger partial charge is 0.490 e. The Kier molecular flexibility index (Phi) is 3.77. The third-order valence-electron chi connectivity index (χ3n) is 3.57. The van der Waals surface area contributed by atoms with E-state index in [1.807, 2.05) is 24.3 Å². The topological polar surface area (TPSA) is 73.3 Å². The zero-order valence-corrected chi connectivity index (χ0v) is 11.6. The lowest BCUT2D eigenvalue weighted by Crippen LogP contribution is -2.29. The summed E-state index contributed by atoms with van der Waals surface area (Å²) < 4.78 is 19.1. The van der Waals surface area contributed by atoms with E-state index in [-0.39, 0.29) is 11.9 Å². The Morgan fingerprint density at radius 1 is 1.14 bits per heavy atom. The molecule has 0 spiro atoms. The molecule has 1 atom stereocenters. The van der Waals surface area contributed by atoms with Crippen LogP contribution in [0.2, 0.25) is 0 Å². The molecule has 1 saturated carbocycles. The van der Waals surface area contributed by atoms with Crippen molar-refractivity contribution in [3.63, 3.8) is 0 Å². The van der Waals surface area contributed by atoms with Gasteiger partial charge in [0.1, 0.15) is 11.6 Å². The van der Waals surface area contributed by atoms with Crippen molar-refractivity contribution in [1.29, 1.82) is 0 Å². The van der Waals surface area contributed by atoms with Gasteiger partial charge >= 0.3 is 0 Å². The first kappa shape index (κ1) is 13.9. The fourth-order valence-electron chi connectivity index (χ4n) is 2.28. The van der Waals surface area contributed by atoms with Gasteiger partial charge < -0.3 is 10.5 Å². The molecule has 1 unspecified atom stereocenters. The van der Waals surface area contributed by atoms with E-state index in [1.54, 1.807) is 6.07 Å². The Hall–Kier alpha value is -2.11. The molecule has 110 valence electrons. The predicted molar refractivity (Wildman–Crippen MR) is 80.1 cm³/mol. The van der Waals surface area contributed by atoms with Gasteiger partial charge in [-0.15, -0.1) is 0 Å². The van der Waals surface area contributed by atoms with Crippen LogP contribution in [0.5, 0.6) is 5.75 Å². The molecule has 0 saturated heterocycles. The molecule has 4 nitrogen and oxygen atoms in total. The highest BCUT2D eigenvalue weighted by Gasteiger charge is 2.23. The third-order valence-corrected chi connectivity index (χ3v) is 3.57. The second-order valence-corrected chi connectivity index (χ2v) is 5.26. The quantitative estimate of drug-likeness (QED) is 0.449. The number of hydrogen-bond donors (Lipinski definition) is 3. The molecule has 5 N–H and O–H groups in total. The smallest absolute Gasteiger partial charge is 0.123 e. The minimum atomic E-state index is -0.365. The molecule has 21 heavy (non-hydrogen) atoms. The molecule has 0 aliphatic heterocycles. The molecule has 0 bridgehead atoms. The molecule has 3 rings (SSSR count). The molecular weight excluding hydrogens is 269 g/mol. The van der Waals surface area contributed by atoms with E-state index < -0.39 is 0 Å². The van der Waals surface area contributed by atoms with Gasteiger partial charge in [0.2, 0.25) is 0 Å². The number of anilines is 1. The first-order valence-electron chi connectivity index (χ1n) is 6.95. The lowest BCUT2D eigenvalue weighted by molar-refractivity contribution is 0.303. The van der Waals surface area contributed by atoms with Crippen LogP contribution in [0.15, 0.2) is 42.5 Å². The van der Waals surface area contributed by atoms with Crippen molar-refractivity contribution in [3.8, 4) is 5.75 Å². The minimum absolute atomic E-state index is 0.340. The Morgan fingerprint density at radius 3 is 2.48 bits per heavy atom. The summed E-state index contributed by atoms with van der Waals surface area (Å²) >= 11 is 0. The summed E-state index contributed by atoms with van der Waals surface area (Å²) in [4.78, 5) is 0. The number of nitrogens with one attached hydrogen (secondary N) is 1. The molecule has 0 radical (unpaired) electrons. The summed E-state index contributed by atoms with van der Waals surface area (Å²) in [6, 6.07) is 11.5. The van der Waals surface area contributed by atoms with Crippen LogP contribution in [0, 0.1) is 5.82 Å². The monoisotopic (exact) mass is 287 g/mol. The second kappa shape index (κ2) is 5.71. The summed E-state index contributed by atoms with van der Waals surface area (Å²) in [6.45, 7) is 0. The van der Waals surface area contributed by atoms with Crippen molar-refractivity contribution in [3.05, 3.63) is 59.4 Å². The maximum absolute atomic E-state index is 13.4. The molecule has 1 fully saturated rings. The number of hydrazine groups is 1. The lowest BCUT2D eigenvalue weighted by atomic mass is 9.97. The van der Waals surface area contributed by atoms with E-state index in [2.05, 4.69) is 5.43 Å². The van der Waals surface area contributed by atoms with Crippen molar-refractivity contribution in [2.24, 2.45) is 5.84 Å². The molecule has 1 aliphatic rings. The van der Waals surface area contributed by atoms with Gasteiger partial charge in [0.15, 0.2) is 0 Å². The van der Waals surface area contributed by atoms with Crippen LogP contribution < -0.4 is 21.7 Å². The van der Waals surface area contributed by atoms with E-state index in [1.165, 1.54) is 12.1 Å². The van der Waals surface area contributed by atoms with Crippen LogP contribution in [-0.4, -0.2) is 6.10 Å². The van der Waals surface area contributed by atoms with E-state index in [4.69, 9.17) is 16.3 Å². The number of nitrogens with two attached hydrogens (primary N) is 2. The molecule has 0 amide bonds. The maximum Gasteiger partial charge on any atom is 0.123 e. The van der Waals surface area contributed by atoms with Crippen molar-refractivity contribution in [2.45, 2.75) is 25.0 Å². The molecule has 2 aromatic rings. The second-order valence-electron chi connectivity index (χ2n) is 5.26. The number of hydrogen-bond acceptors (Lipinski definition) is 4. The number of ether oxygens (including phenoxy) is 1. The van der Waals surface area contributed by atoms with Crippen molar-refractivity contribution >= 4 is 5.69 Å². The Bertz CT molecular complexity index is 626.